The number of nitrogens with zero attached hydrogens (tertiary/aromatic N) is 3. The van der Waals surface area contributed by atoms with Gasteiger partial charge in [-0.15, -0.1) is 10.2 Å². The van der Waals surface area contributed by atoms with Crippen LogP contribution in [0.15, 0.2) is 48.5 Å². The highest BCUT2D eigenvalue weighted by Gasteiger charge is 2.17. The molecule has 128 valence electrons. The summed E-state index contributed by atoms with van der Waals surface area (Å²) in [6, 6.07) is 15.6. The minimum atomic E-state index is -0.0415. The number of ether oxygens (including phenoxy) is 1. The second-order valence-electron chi connectivity index (χ2n) is 5.74. The van der Waals surface area contributed by atoms with Crippen LogP contribution in [-0.2, 0) is 11.2 Å². The zero-order valence-electron chi connectivity index (χ0n) is 14.4. The number of amides is 1. The van der Waals surface area contributed by atoms with Gasteiger partial charge in [-0.1, -0.05) is 47.2 Å². The predicted octanol–water partition coefficient (Wildman–Crippen LogP) is 3.73. The third kappa shape index (κ3) is 4.03. The summed E-state index contributed by atoms with van der Waals surface area (Å²) in [5.74, 6) is 0.700. The van der Waals surface area contributed by atoms with Crippen molar-refractivity contribution in [2.24, 2.45) is 0 Å². The van der Waals surface area contributed by atoms with E-state index < -0.39 is 0 Å². The minimum Gasteiger partial charge on any atom is -0.497 e. The van der Waals surface area contributed by atoms with E-state index in [0.29, 0.717) is 5.13 Å². The van der Waals surface area contributed by atoms with Crippen molar-refractivity contribution in [1.29, 1.82) is 0 Å². The molecule has 2 aromatic carbocycles. The smallest absolute Gasteiger partial charge is 0.232 e. The number of aryl methyl sites for hydroxylation is 1. The third-order valence-electron chi connectivity index (χ3n) is 3.83. The Labute approximate surface area is 150 Å². The zero-order chi connectivity index (χ0) is 17.8. The Kier molecular flexibility index (Phi) is 5.09. The Bertz CT molecular complexity index is 892. The van der Waals surface area contributed by atoms with E-state index in [-0.39, 0.29) is 12.3 Å². The predicted molar refractivity (Wildman–Crippen MR) is 100 cm³/mol. The van der Waals surface area contributed by atoms with Gasteiger partial charge in [-0.3, -0.25) is 9.69 Å². The molecule has 6 heteroatoms. The van der Waals surface area contributed by atoms with Crippen LogP contribution in [-0.4, -0.2) is 30.3 Å². The quantitative estimate of drug-likeness (QED) is 0.701. The van der Waals surface area contributed by atoms with Crippen molar-refractivity contribution >= 4 is 22.4 Å². The van der Waals surface area contributed by atoms with Gasteiger partial charge < -0.3 is 4.74 Å². The van der Waals surface area contributed by atoms with Gasteiger partial charge in [0.05, 0.1) is 13.5 Å². The van der Waals surface area contributed by atoms with Crippen LogP contribution in [0.3, 0.4) is 0 Å². The van der Waals surface area contributed by atoms with Crippen LogP contribution in [0.4, 0.5) is 5.13 Å². The molecule has 0 N–H and O–H groups in total. The normalized spacial score (nSPS) is 10.5. The summed E-state index contributed by atoms with van der Waals surface area (Å²) in [4.78, 5) is 14.1. The van der Waals surface area contributed by atoms with E-state index in [1.54, 1.807) is 19.1 Å². The average Bonchev–Trinajstić information content (AvgIpc) is 3.11. The van der Waals surface area contributed by atoms with Crippen LogP contribution in [0.5, 0.6) is 5.75 Å². The van der Waals surface area contributed by atoms with Crippen molar-refractivity contribution in [3.8, 4) is 16.3 Å². The number of carbonyl (C=O) groups is 1. The molecule has 0 aliphatic carbocycles. The molecule has 1 amide bonds. The van der Waals surface area contributed by atoms with Crippen molar-refractivity contribution in [2.45, 2.75) is 13.3 Å². The van der Waals surface area contributed by atoms with Gasteiger partial charge in [0.2, 0.25) is 11.0 Å². The van der Waals surface area contributed by atoms with E-state index in [1.807, 2.05) is 49.4 Å². The summed E-state index contributed by atoms with van der Waals surface area (Å²) in [5.41, 5.74) is 3.08. The lowest BCUT2D eigenvalue weighted by Crippen LogP contribution is -2.27. The maximum atomic E-state index is 12.5. The summed E-state index contributed by atoms with van der Waals surface area (Å²) in [7, 11) is 3.34. The van der Waals surface area contributed by atoms with E-state index in [2.05, 4.69) is 16.3 Å². The Morgan fingerprint density at radius 1 is 1.16 bits per heavy atom. The molecule has 0 saturated carbocycles. The zero-order valence-corrected chi connectivity index (χ0v) is 15.2. The van der Waals surface area contributed by atoms with E-state index in [4.69, 9.17) is 4.74 Å². The summed E-state index contributed by atoms with van der Waals surface area (Å²) in [5, 5.41) is 9.78. The highest BCUT2D eigenvalue weighted by atomic mass is 32.1. The molecule has 1 heterocycles. The molecule has 0 aliphatic rings. The van der Waals surface area contributed by atoms with Gasteiger partial charge in [-0.25, -0.2) is 0 Å². The van der Waals surface area contributed by atoms with Crippen LogP contribution in [0.2, 0.25) is 0 Å². The topological polar surface area (TPSA) is 55.3 Å². The second-order valence-corrected chi connectivity index (χ2v) is 6.70. The number of likely N-dealkylation sites (N-methyl/N-ethyl adjacent to an activating group) is 1. The fraction of sp³-hybridized carbons (Fsp3) is 0.211. The van der Waals surface area contributed by atoms with Crippen LogP contribution in [0.1, 0.15) is 11.1 Å². The van der Waals surface area contributed by atoms with Gasteiger partial charge in [0, 0.05) is 12.6 Å². The first kappa shape index (κ1) is 17.1. The summed E-state index contributed by atoms with van der Waals surface area (Å²) in [6.07, 6.45) is 0.285. The molecule has 0 radical (unpaired) electrons. The largest absolute Gasteiger partial charge is 0.497 e. The summed E-state index contributed by atoms with van der Waals surface area (Å²) in [6.45, 7) is 2.04. The molecule has 3 aromatic rings. The number of rotatable bonds is 5. The number of methoxy groups -OCH3 is 1. The van der Waals surface area contributed by atoms with Gasteiger partial charge in [0.15, 0.2) is 0 Å². The number of anilines is 1. The molecule has 25 heavy (non-hydrogen) atoms. The van der Waals surface area contributed by atoms with E-state index in [0.717, 1.165) is 27.4 Å². The van der Waals surface area contributed by atoms with Gasteiger partial charge in [0.1, 0.15) is 10.8 Å². The van der Waals surface area contributed by atoms with Gasteiger partial charge in [0.25, 0.3) is 0 Å². The Hall–Kier alpha value is -2.73. The fourth-order valence-corrected chi connectivity index (χ4v) is 3.25. The number of hydrogen-bond donors (Lipinski definition) is 0. The monoisotopic (exact) mass is 353 g/mol. The molecule has 0 fully saturated rings. The van der Waals surface area contributed by atoms with Gasteiger partial charge in [-0.05, 0) is 30.7 Å². The lowest BCUT2D eigenvalue weighted by atomic mass is 10.1. The van der Waals surface area contributed by atoms with Crippen molar-refractivity contribution in [3.63, 3.8) is 0 Å². The highest BCUT2D eigenvalue weighted by Crippen LogP contribution is 2.29. The van der Waals surface area contributed by atoms with E-state index >= 15 is 0 Å². The van der Waals surface area contributed by atoms with Crippen LogP contribution in [0.25, 0.3) is 10.6 Å². The maximum absolute atomic E-state index is 12.5. The lowest BCUT2D eigenvalue weighted by Gasteiger charge is -2.13. The van der Waals surface area contributed by atoms with E-state index in [1.165, 1.54) is 11.3 Å². The van der Waals surface area contributed by atoms with E-state index in [9.17, 15) is 4.79 Å². The average molecular weight is 353 g/mol. The number of hydrogen-bond acceptors (Lipinski definition) is 5. The minimum absolute atomic E-state index is 0.0415. The molecule has 1 aromatic heterocycles. The molecular weight excluding hydrogens is 334 g/mol. The van der Waals surface area contributed by atoms with Crippen molar-refractivity contribution < 1.29 is 9.53 Å². The second kappa shape index (κ2) is 7.44. The van der Waals surface area contributed by atoms with Crippen LogP contribution < -0.4 is 9.64 Å². The highest BCUT2D eigenvalue weighted by molar-refractivity contribution is 7.18. The molecule has 0 saturated heterocycles. The van der Waals surface area contributed by atoms with Gasteiger partial charge >= 0.3 is 0 Å². The number of aromatic nitrogens is 2. The van der Waals surface area contributed by atoms with Crippen molar-refractivity contribution in [3.05, 3.63) is 59.7 Å². The molecule has 0 unspecified atom stereocenters. The summed E-state index contributed by atoms with van der Waals surface area (Å²) < 4.78 is 5.20. The first-order chi connectivity index (χ1) is 12.1. The van der Waals surface area contributed by atoms with Crippen molar-refractivity contribution in [1.82, 2.24) is 10.2 Å². The molecular formula is C19H19N3O2S. The Morgan fingerprint density at radius 2 is 1.96 bits per heavy atom. The standard InChI is InChI=1S/C19H19N3O2S/c1-13-6-4-8-15(10-13)18-20-21-19(25-18)22(2)17(23)12-14-7-5-9-16(11-14)24-3/h4-11H,12H2,1-3H3. The maximum Gasteiger partial charge on any atom is 0.232 e. The molecule has 5 nitrogen and oxygen atoms in total. The van der Waals surface area contributed by atoms with Crippen LogP contribution >= 0.6 is 11.3 Å². The molecule has 0 aliphatic heterocycles. The number of benzene rings is 2. The van der Waals surface area contributed by atoms with Gasteiger partial charge in [-0.2, -0.15) is 0 Å². The molecule has 0 bridgehead atoms. The SMILES string of the molecule is COc1cccc(CC(=O)N(C)c2nnc(-c3cccc(C)c3)s2)c1. The van der Waals surface area contributed by atoms with Crippen LogP contribution in [0, 0.1) is 6.92 Å². The molecule has 3 rings (SSSR count). The lowest BCUT2D eigenvalue weighted by molar-refractivity contribution is -0.117. The third-order valence-corrected chi connectivity index (χ3v) is 4.88. The Morgan fingerprint density at radius 3 is 2.72 bits per heavy atom. The first-order valence-electron chi connectivity index (χ1n) is 7.87. The Balaban J connectivity index is 1.74. The molecule has 0 spiro atoms. The fourth-order valence-electron chi connectivity index (χ4n) is 2.43. The summed E-state index contributed by atoms with van der Waals surface area (Å²) >= 11 is 1.41. The molecule has 0 atom stereocenters. The number of carbonyl (C=O) groups excluding carboxylic acids is 1. The van der Waals surface area contributed by atoms with Crippen molar-refractivity contribution in [2.75, 3.05) is 19.1 Å². The first-order valence-corrected chi connectivity index (χ1v) is 8.68.